The lowest BCUT2D eigenvalue weighted by Crippen LogP contribution is -2.60. The van der Waals surface area contributed by atoms with Crippen LogP contribution < -0.4 is 19.7 Å². The van der Waals surface area contributed by atoms with Gasteiger partial charge >= 0.3 is 12.0 Å². The molecule has 2 aromatic heterocycles. The Morgan fingerprint density at radius 2 is 1.92 bits per heavy atom. The zero-order chi connectivity index (χ0) is 35.6. The number of piperidine rings is 1. The van der Waals surface area contributed by atoms with Crippen LogP contribution in [0, 0.1) is 11.3 Å². The number of nitrogens with zero attached hydrogens (tertiary/aromatic N) is 7. The highest BCUT2D eigenvalue weighted by molar-refractivity contribution is 5.69. The fourth-order valence-electron chi connectivity index (χ4n) is 6.32. The number of anilines is 3. The number of ether oxygens (including phenoxy) is 4. The molecule has 3 saturated heterocycles. The number of piperazine rings is 1. The Labute approximate surface area is 290 Å². The van der Waals surface area contributed by atoms with Gasteiger partial charge < -0.3 is 34.1 Å². The molecule has 3 aromatic rings. The Kier molecular flexibility index (Phi) is 9.95. The van der Waals surface area contributed by atoms with Crippen molar-refractivity contribution in [2.45, 2.75) is 63.8 Å². The standard InChI is InChI=1S/C35H42F2N8O5/c1-22-18-43(14-15-45(22)25-19-48-20-25)27-7-9-30(41-31(27)47-5)42-32-39-12-10-26(40-32)23-6-8-28(24(16-23)17-38)49-29-11-13-44(21-35(29,36)37)33(46)50-34(2,3)4/h6-10,12,16,22,25,29H,11,13-15,18-21H2,1-5H3,(H,39,40,41,42)/t22-,29?/m0/s1. The molecule has 0 saturated carbocycles. The van der Waals surface area contributed by atoms with E-state index in [0.29, 0.717) is 35.0 Å². The topological polar surface area (TPSA) is 138 Å². The van der Waals surface area contributed by atoms with Gasteiger partial charge in [-0.2, -0.15) is 10.2 Å². The van der Waals surface area contributed by atoms with E-state index >= 15 is 8.78 Å². The van der Waals surface area contributed by atoms with Crippen molar-refractivity contribution >= 4 is 23.5 Å². The molecular weight excluding hydrogens is 650 g/mol. The van der Waals surface area contributed by atoms with E-state index in [2.05, 4.69) is 37.0 Å². The number of aromatic nitrogens is 3. The molecule has 3 aliphatic rings. The maximum atomic E-state index is 15.1. The smallest absolute Gasteiger partial charge is 0.410 e. The van der Waals surface area contributed by atoms with Crippen LogP contribution in [0.25, 0.3) is 11.3 Å². The molecule has 0 aliphatic carbocycles. The highest BCUT2D eigenvalue weighted by Gasteiger charge is 2.48. The first kappa shape index (κ1) is 35.0. The van der Waals surface area contributed by atoms with E-state index in [0.717, 1.165) is 43.4 Å². The summed E-state index contributed by atoms with van der Waals surface area (Å²) < 4.78 is 52.3. The largest absolute Gasteiger partial charge is 0.483 e. The lowest BCUT2D eigenvalue weighted by atomic mass is 10.0. The van der Waals surface area contributed by atoms with Crippen LogP contribution in [0.4, 0.5) is 31.0 Å². The molecule has 0 radical (unpaired) electrons. The van der Waals surface area contributed by atoms with Gasteiger partial charge in [0.05, 0.1) is 44.2 Å². The number of methoxy groups -OCH3 is 1. The fraction of sp³-hybridized carbons (Fsp3) is 0.514. The van der Waals surface area contributed by atoms with Crippen LogP contribution in [0.5, 0.6) is 11.6 Å². The molecule has 0 spiro atoms. The highest BCUT2D eigenvalue weighted by atomic mass is 19.3. The summed E-state index contributed by atoms with van der Waals surface area (Å²) >= 11 is 0. The molecule has 1 amide bonds. The molecule has 3 aliphatic heterocycles. The lowest BCUT2D eigenvalue weighted by molar-refractivity contribution is -0.137. The minimum Gasteiger partial charge on any atom is -0.483 e. The first-order valence-electron chi connectivity index (χ1n) is 16.6. The summed E-state index contributed by atoms with van der Waals surface area (Å²) in [6.45, 7) is 10.6. The van der Waals surface area contributed by atoms with E-state index in [1.165, 1.54) is 12.1 Å². The highest BCUT2D eigenvalue weighted by Crippen LogP contribution is 2.35. The van der Waals surface area contributed by atoms with E-state index in [4.69, 9.17) is 18.9 Å². The number of carbonyl (C=O) groups excluding carboxylic acids is 1. The zero-order valence-electron chi connectivity index (χ0n) is 28.9. The van der Waals surface area contributed by atoms with E-state index < -0.39 is 30.3 Å². The van der Waals surface area contributed by atoms with Crippen LogP contribution in [-0.4, -0.2) is 114 Å². The van der Waals surface area contributed by atoms with Gasteiger partial charge in [-0.05, 0) is 64.1 Å². The number of nitriles is 1. The summed E-state index contributed by atoms with van der Waals surface area (Å²) in [5.41, 5.74) is 1.23. The number of alkyl halides is 2. The normalized spacial score (nSPS) is 21.2. The molecule has 1 unspecified atom stereocenters. The van der Waals surface area contributed by atoms with Gasteiger partial charge in [-0.15, -0.1) is 0 Å². The summed E-state index contributed by atoms with van der Waals surface area (Å²) in [5, 5.41) is 13.0. The molecule has 266 valence electrons. The second-order valence-electron chi connectivity index (χ2n) is 13.7. The maximum Gasteiger partial charge on any atom is 0.410 e. The summed E-state index contributed by atoms with van der Waals surface area (Å²) in [5.74, 6) is -2.11. The average molecular weight is 693 g/mol. The second kappa shape index (κ2) is 14.2. The van der Waals surface area contributed by atoms with Crippen LogP contribution in [0.15, 0.2) is 42.6 Å². The van der Waals surface area contributed by atoms with Gasteiger partial charge in [-0.3, -0.25) is 4.90 Å². The van der Waals surface area contributed by atoms with E-state index in [-0.39, 0.29) is 30.2 Å². The van der Waals surface area contributed by atoms with Crippen molar-refractivity contribution in [3.8, 4) is 29.0 Å². The van der Waals surface area contributed by atoms with E-state index in [1.54, 1.807) is 46.2 Å². The number of nitrogens with one attached hydrogen (secondary N) is 1. The third-order valence-electron chi connectivity index (χ3n) is 8.89. The molecule has 15 heteroatoms. The van der Waals surface area contributed by atoms with Crippen LogP contribution in [-0.2, 0) is 9.47 Å². The number of hydrogen-bond donors (Lipinski definition) is 1. The minimum atomic E-state index is -3.36. The Bertz CT molecular complexity index is 1740. The summed E-state index contributed by atoms with van der Waals surface area (Å²) in [6.07, 6.45) is -0.895. The summed E-state index contributed by atoms with van der Waals surface area (Å²) in [6, 6.07) is 13.0. The molecule has 1 N–H and O–H groups in total. The van der Waals surface area contributed by atoms with Crippen LogP contribution in [0.1, 0.15) is 39.7 Å². The number of amides is 1. The molecule has 1 aromatic carbocycles. The summed E-state index contributed by atoms with van der Waals surface area (Å²) in [4.78, 5) is 31.7. The van der Waals surface area contributed by atoms with Gasteiger partial charge in [-0.1, -0.05) is 0 Å². The molecule has 2 atom stereocenters. The quantitative estimate of drug-likeness (QED) is 0.336. The predicted octanol–water partition coefficient (Wildman–Crippen LogP) is 5.10. The van der Waals surface area contributed by atoms with Crippen LogP contribution >= 0.6 is 0 Å². The Morgan fingerprint density at radius 3 is 2.58 bits per heavy atom. The van der Waals surface area contributed by atoms with Crippen molar-refractivity contribution in [3.63, 3.8) is 0 Å². The van der Waals surface area contributed by atoms with Gasteiger partial charge in [0.1, 0.15) is 28.9 Å². The van der Waals surface area contributed by atoms with Crippen molar-refractivity contribution in [1.29, 1.82) is 5.26 Å². The van der Waals surface area contributed by atoms with Gasteiger partial charge in [0.2, 0.25) is 11.8 Å². The zero-order valence-corrected chi connectivity index (χ0v) is 28.9. The van der Waals surface area contributed by atoms with Crippen molar-refractivity contribution in [2.24, 2.45) is 0 Å². The monoisotopic (exact) mass is 692 g/mol. The van der Waals surface area contributed by atoms with Gasteiger partial charge in [-0.25, -0.2) is 23.5 Å². The number of benzene rings is 1. The predicted molar refractivity (Wildman–Crippen MR) is 181 cm³/mol. The van der Waals surface area contributed by atoms with E-state index in [9.17, 15) is 10.1 Å². The average Bonchev–Trinajstić information content (AvgIpc) is 3.05. The third-order valence-corrected chi connectivity index (χ3v) is 8.89. The van der Waals surface area contributed by atoms with Crippen molar-refractivity contribution in [3.05, 3.63) is 48.2 Å². The van der Waals surface area contributed by atoms with Crippen LogP contribution in [0.3, 0.4) is 0 Å². The first-order chi connectivity index (χ1) is 23.8. The summed E-state index contributed by atoms with van der Waals surface area (Å²) in [7, 11) is 1.59. The molecular formula is C35H42F2N8O5. The number of halogens is 2. The van der Waals surface area contributed by atoms with Crippen molar-refractivity contribution in [1.82, 2.24) is 24.8 Å². The number of likely N-dealkylation sites (tertiary alicyclic amines) is 1. The molecule has 50 heavy (non-hydrogen) atoms. The van der Waals surface area contributed by atoms with Crippen LogP contribution in [0.2, 0.25) is 0 Å². The lowest BCUT2D eigenvalue weighted by Gasteiger charge is -2.47. The number of carbonyl (C=O) groups is 1. The molecule has 13 nitrogen and oxygen atoms in total. The van der Waals surface area contributed by atoms with Crippen molar-refractivity contribution in [2.75, 3.05) is 63.3 Å². The minimum absolute atomic E-state index is 0.0169. The molecule has 3 fully saturated rings. The number of hydrogen-bond acceptors (Lipinski definition) is 12. The fourth-order valence-corrected chi connectivity index (χ4v) is 6.32. The van der Waals surface area contributed by atoms with E-state index in [1.807, 2.05) is 18.2 Å². The SMILES string of the molecule is COc1nc(Nc2nccc(-c3ccc(OC4CCN(C(=O)OC(C)(C)C)CC4(F)F)c(C#N)c3)n2)ccc1N1CCN(C2COC2)[C@@H](C)C1. The Hall–Kier alpha value is -4.81. The second-order valence-corrected chi connectivity index (χ2v) is 13.7. The molecule has 6 rings (SSSR count). The molecule has 0 bridgehead atoms. The Morgan fingerprint density at radius 1 is 1.12 bits per heavy atom. The third kappa shape index (κ3) is 7.81. The van der Waals surface area contributed by atoms with Crippen molar-refractivity contribution < 1.29 is 32.5 Å². The van der Waals surface area contributed by atoms with Gasteiger partial charge in [0, 0.05) is 50.4 Å². The van der Waals surface area contributed by atoms with Gasteiger partial charge in [0.25, 0.3) is 0 Å². The first-order valence-corrected chi connectivity index (χ1v) is 16.6. The number of pyridine rings is 1. The maximum absolute atomic E-state index is 15.1. The number of rotatable bonds is 8. The Balaban J connectivity index is 1.12. The van der Waals surface area contributed by atoms with Gasteiger partial charge in [0.15, 0.2) is 6.10 Å². The molecule has 5 heterocycles.